The zero-order valence-electron chi connectivity index (χ0n) is 15.2. The maximum absolute atomic E-state index is 12.5. The first kappa shape index (κ1) is 17.9. The number of aryl methyl sites for hydroxylation is 1. The van der Waals surface area contributed by atoms with Crippen LogP contribution in [0.5, 0.6) is 0 Å². The molecule has 3 aromatic heterocycles. The van der Waals surface area contributed by atoms with Gasteiger partial charge in [-0.2, -0.15) is 4.98 Å². The van der Waals surface area contributed by atoms with E-state index in [1.807, 2.05) is 0 Å². The van der Waals surface area contributed by atoms with Crippen LogP contribution in [0.2, 0.25) is 0 Å². The highest BCUT2D eigenvalue weighted by molar-refractivity contribution is 5.92. The van der Waals surface area contributed by atoms with Gasteiger partial charge in [0.2, 0.25) is 17.6 Å². The molecule has 9 nitrogen and oxygen atoms in total. The number of aromatic nitrogens is 3. The van der Waals surface area contributed by atoms with Gasteiger partial charge in [-0.25, -0.2) is 0 Å². The molecular weight excluding hydrogens is 362 g/mol. The number of rotatable bonds is 5. The van der Waals surface area contributed by atoms with Crippen LogP contribution >= 0.6 is 0 Å². The highest BCUT2D eigenvalue weighted by Crippen LogP contribution is 2.16. The van der Waals surface area contributed by atoms with Crippen molar-refractivity contribution in [3.8, 4) is 11.4 Å². The van der Waals surface area contributed by atoms with Crippen molar-refractivity contribution in [3.63, 3.8) is 0 Å². The van der Waals surface area contributed by atoms with Crippen molar-refractivity contribution >= 4 is 11.8 Å². The van der Waals surface area contributed by atoms with Crippen molar-refractivity contribution < 1.29 is 18.5 Å². The minimum Gasteiger partial charge on any atom is -0.472 e. The second-order valence-electron chi connectivity index (χ2n) is 6.41. The van der Waals surface area contributed by atoms with E-state index < -0.39 is 0 Å². The molecule has 0 saturated carbocycles. The van der Waals surface area contributed by atoms with Crippen molar-refractivity contribution in [2.45, 2.75) is 12.8 Å². The number of carbonyl (C=O) groups is 2. The van der Waals surface area contributed by atoms with Gasteiger partial charge < -0.3 is 18.7 Å². The number of carbonyl (C=O) groups excluding carboxylic acids is 2. The van der Waals surface area contributed by atoms with Crippen LogP contribution in [0.15, 0.2) is 51.9 Å². The fourth-order valence-electron chi connectivity index (χ4n) is 3.05. The summed E-state index contributed by atoms with van der Waals surface area (Å²) >= 11 is 0. The molecule has 0 radical (unpaired) electrons. The zero-order valence-corrected chi connectivity index (χ0v) is 15.2. The SMILES string of the molecule is O=C(CCc1nc(-c2ccoc2)no1)N1CCN(C(=O)c2ccccn2)CC1. The molecule has 4 rings (SSSR count). The third-order valence-electron chi connectivity index (χ3n) is 4.60. The average molecular weight is 381 g/mol. The van der Waals surface area contributed by atoms with E-state index in [1.54, 1.807) is 40.3 Å². The monoisotopic (exact) mass is 381 g/mol. The smallest absolute Gasteiger partial charge is 0.272 e. The summed E-state index contributed by atoms with van der Waals surface area (Å²) in [6, 6.07) is 7.00. The Labute approximate surface area is 161 Å². The third-order valence-corrected chi connectivity index (χ3v) is 4.60. The molecular formula is C19H19N5O4. The molecule has 0 unspecified atom stereocenters. The van der Waals surface area contributed by atoms with E-state index in [0.717, 1.165) is 5.56 Å². The van der Waals surface area contributed by atoms with Gasteiger partial charge in [-0.3, -0.25) is 14.6 Å². The summed E-state index contributed by atoms with van der Waals surface area (Å²) in [4.78, 5) is 36.7. The predicted octanol–water partition coefficient (Wildman–Crippen LogP) is 1.64. The molecule has 1 aliphatic heterocycles. The average Bonchev–Trinajstić information content (AvgIpc) is 3.44. The van der Waals surface area contributed by atoms with Gasteiger partial charge in [-0.1, -0.05) is 11.2 Å². The molecule has 0 N–H and O–H groups in total. The Kier molecular flexibility index (Phi) is 5.14. The predicted molar refractivity (Wildman–Crippen MR) is 97.0 cm³/mol. The van der Waals surface area contributed by atoms with Gasteiger partial charge in [0.25, 0.3) is 5.91 Å². The maximum Gasteiger partial charge on any atom is 0.272 e. The van der Waals surface area contributed by atoms with Crippen molar-refractivity contribution in [2.75, 3.05) is 26.2 Å². The Morgan fingerprint density at radius 3 is 2.61 bits per heavy atom. The van der Waals surface area contributed by atoms with E-state index in [9.17, 15) is 9.59 Å². The van der Waals surface area contributed by atoms with E-state index in [-0.39, 0.29) is 18.2 Å². The molecule has 4 heterocycles. The van der Waals surface area contributed by atoms with Crippen LogP contribution in [0.4, 0.5) is 0 Å². The molecule has 1 fully saturated rings. The molecule has 0 aliphatic carbocycles. The van der Waals surface area contributed by atoms with Gasteiger partial charge in [0.15, 0.2) is 0 Å². The topological polar surface area (TPSA) is 106 Å². The highest BCUT2D eigenvalue weighted by Gasteiger charge is 2.25. The van der Waals surface area contributed by atoms with Crippen LogP contribution < -0.4 is 0 Å². The quantitative estimate of drug-likeness (QED) is 0.661. The molecule has 0 bridgehead atoms. The minimum absolute atomic E-state index is 0.00740. The Morgan fingerprint density at radius 1 is 1.07 bits per heavy atom. The first-order chi connectivity index (χ1) is 13.7. The van der Waals surface area contributed by atoms with E-state index in [0.29, 0.717) is 50.0 Å². The first-order valence-corrected chi connectivity index (χ1v) is 9.04. The summed E-state index contributed by atoms with van der Waals surface area (Å²) < 4.78 is 10.2. The lowest BCUT2D eigenvalue weighted by atomic mass is 10.2. The summed E-state index contributed by atoms with van der Waals surface area (Å²) in [5.74, 6) is 0.754. The minimum atomic E-state index is -0.106. The van der Waals surface area contributed by atoms with Crippen LogP contribution in [0.3, 0.4) is 0 Å². The second-order valence-corrected chi connectivity index (χ2v) is 6.41. The largest absolute Gasteiger partial charge is 0.472 e. The molecule has 0 spiro atoms. The summed E-state index contributed by atoms with van der Waals surface area (Å²) in [5, 5.41) is 3.89. The second kappa shape index (κ2) is 8.03. The number of piperazine rings is 1. The van der Waals surface area contributed by atoms with Crippen LogP contribution in [0.25, 0.3) is 11.4 Å². The molecule has 2 amide bonds. The van der Waals surface area contributed by atoms with Crippen LogP contribution in [-0.2, 0) is 11.2 Å². The van der Waals surface area contributed by atoms with E-state index in [2.05, 4.69) is 15.1 Å². The highest BCUT2D eigenvalue weighted by atomic mass is 16.5. The summed E-state index contributed by atoms with van der Waals surface area (Å²) in [6.45, 7) is 1.99. The third kappa shape index (κ3) is 3.93. The van der Waals surface area contributed by atoms with Gasteiger partial charge in [0.1, 0.15) is 12.0 Å². The number of hydrogen-bond acceptors (Lipinski definition) is 7. The van der Waals surface area contributed by atoms with Crippen molar-refractivity contribution in [2.24, 2.45) is 0 Å². The van der Waals surface area contributed by atoms with Crippen molar-refractivity contribution in [3.05, 3.63) is 54.6 Å². The van der Waals surface area contributed by atoms with Crippen molar-refractivity contribution in [1.82, 2.24) is 24.9 Å². The summed E-state index contributed by atoms with van der Waals surface area (Å²) in [7, 11) is 0. The van der Waals surface area contributed by atoms with Gasteiger partial charge in [-0.05, 0) is 18.2 Å². The molecule has 0 aromatic carbocycles. The van der Waals surface area contributed by atoms with Gasteiger partial charge in [0.05, 0.1) is 11.8 Å². The lowest BCUT2D eigenvalue weighted by Gasteiger charge is -2.34. The van der Waals surface area contributed by atoms with Crippen molar-refractivity contribution in [1.29, 1.82) is 0 Å². The number of furan rings is 1. The Bertz CT molecular complexity index is 930. The molecule has 1 aliphatic rings. The zero-order chi connectivity index (χ0) is 19.3. The molecule has 28 heavy (non-hydrogen) atoms. The molecule has 144 valence electrons. The van der Waals surface area contributed by atoms with Gasteiger partial charge in [0, 0.05) is 45.2 Å². The van der Waals surface area contributed by atoms with Gasteiger partial charge in [-0.15, -0.1) is 0 Å². The van der Waals surface area contributed by atoms with Crippen LogP contribution in [0, 0.1) is 0 Å². The van der Waals surface area contributed by atoms with E-state index in [4.69, 9.17) is 8.94 Å². The molecule has 0 atom stereocenters. The van der Waals surface area contributed by atoms with Gasteiger partial charge >= 0.3 is 0 Å². The Balaban J connectivity index is 1.26. The lowest BCUT2D eigenvalue weighted by Crippen LogP contribution is -2.50. The normalized spacial score (nSPS) is 14.3. The summed E-state index contributed by atoms with van der Waals surface area (Å²) in [6.07, 6.45) is 5.32. The lowest BCUT2D eigenvalue weighted by molar-refractivity contribution is -0.132. The molecule has 9 heteroatoms. The maximum atomic E-state index is 12.5. The first-order valence-electron chi connectivity index (χ1n) is 9.04. The molecule has 3 aromatic rings. The fraction of sp³-hybridized carbons (Fsp3) is 0.316. The fourth-order valence-corrected chi connectivity index (χ4v) is 3.05. The number of hydrogen-bond donors (Lipinski definition) is 0. The Hall–Kier alpha value is -3.49. The van der Waals surface area contributed by atoms with E-state index >= 15 is 0 Å². The van der Waals surface area contributed by atoms with Crippen LogP contribution in [-0.4, -0.2) is 62.9 Å². The standard InChI is InChI=1S/C19H19N5O4/c25-17(5-4-16-21-18(22-28-16)14-6-12-27-13-14)23-8-10-24(11-9-23)19(26)15-3-1-2-7-20-15/h1-3,6-7,12-13H,4-5,8-11H2. The Morgan fingerprint density at radius 2 is 1.89 bits per heavy atom. The number of pyridine rings is 1. The van der Waals surface area contributed by atoms with Crippen LogP contribution in [0.1, 0.15) is 22.8 Å². The van der Waals surface area contributed by atoms with E-state index in [1.165, 1.54) is 12.5 Å². The number of amides is 2. The summed E-state index contributed by atoms with van der Waals surface area (Å²) in [5.41, 5.74) is 1.15. The molecule has 1 saturated heterocycles. The number of nitrogens with zero attached hydrogens (tertiary/aromatic N) is 5.